The summed E-state index contributed by atoms with van der Waals surface area (Å²) in [6, 6.07) is 20.0. The van der Waals surface area contributed by atoms with Gasteiger partial charge in [0.1, 0.15) is 12.5 Å². The molecule has 5 nitrogen and oxygen atoms in total. The number of hydrogen-bond acceptors (Lipinski definition) is 4. The summed E-state index contributed by atoms with van der Waals surface area (Å²) in [5.41, 5.74) is 13.5. The van der Waals surface area contributed by atoms with Gasteiger partial charge in [0, 0.05) is 57.6 Å². The average molecular weight is 588 g/mol. The van der Waals surface area contributed by atoms with E-state index in [1.165, 1.54) is 27.5 Å². The molecule has 5 heteroatoms. The van der Waals surface area contributed by atoms with E-state index in [2.05, 4.69) is 131 Å². The zero-order chi connectivity index (χ0) is 30.9. The molecule has 1 atom stereocenters. The maximum atomic E-state index is 4.62. The second kappa shape index (κ2) is 11.9. The first kappa shape index (κ1) is 28.4. The lowest BCUT2D eigenvalue weighted by molar-refractivity contribution is 0.654. The van der Waals surface area contributed by atoms with Gasteiger partial charge in [-0.1, -0.05) is 74.6 Å². The van der Waals surface area contributed by atoms with Gasteiger partial charge in [-0.05, 0) is 95.4 Å². The van der Waals surface area contributed by atoms with Crippen molar-refractivity contribution in [2.24, 2.45) is 0 Å². The van der Waals surface area contributed by atoms with E-state index in [1.54, 1.807) is 6.33 Å². The highest BCUT2D eigenvalue weighted by atomic mass is 15.3. The zero-order valence-electron chi connectivity index (χ0n) is 25.8. The van der Waals surface area contributed by atoms with Crippen molar-refractivity contribution in [2.75, 3.05) is 11.4 Å². The standard InChI is InChI=1S/C40H37N5/c1-5-8-30-19-27(4)35-20-28(26(2)3)12-15-39(35)45(40-9-6-7-17-43-40)18-16-33(30)31-10-13-34-36-21-29(32-23-41-25-42-24-32)11-14-37(36)44-38(34)22-31/h6-7,9-17,19-25,40,43-44H,2,4-5,8,18H2,1,3H3/b30-19-,33-16+. The molecule has 2 aliphatic rings. The first-order valence-corrected chi connectivity index (χ1v) is 15.6. The van der Waals surface area contributed by atoms with E-state index in [-0.39, 0.29) is 6.17 Å². The van der Waals surface area contributed by atoms with Gasteiger partial charge in [-0.15, -0.1) is 0 Å². The summed E-state index contributed by atoms with van der Waals surface area (Å²) < 4.78 is 0. The van der Waals surface area contributed by atoms with Crippen LogP contribution in [0.15, 0.2) is 129 Å². The summed E-state index contributed by atoms with van der Waals surface area (Å²) >= 11 is 0. The van der Waals surface area contributed by atoms with Crippen LogP contribution in [-0.2, 0) is 0 Å². The van der Waals surface area contributed by atoms with E-state index in [0.717, 1.165) is 69.5 Å². The Bertz CT molecular complexity index is 2070. The lowest BCUT2D eigenvalue weighted by Crippen LogP contribution is -2.43. The highest BCUT2D eigenvalue weighted by molar-refractivity contribution is 6.09. The predicted octanol–water partition coefficient (Wildman–Crippen LogP) is 9.45. The number of fused-ring (bicyclic) bond motifs is 4. The largest absolute Gasteiger partial charge is 0.368 e. The van der Waals surface area contributed by atoms with Crippen LogP contribution >= 0.6 is 0 Å². The summed E-state index contributed by atoms with van der Waals surface area (Å²) in [5.74, 6) is 0. The molecule has 2 aromatic heterocycles. The van der Waals surface area contributed by atoms with Crippen molar-refractivity contribution < 1.29 is 0 Å². The van der Waals surface area contributed by atoms with Crippen molar-refractivity contribution in [3.8, 4) is 11.1 Å². The maximum absolute atomic E-state index is 4.62. The van der Waals surface area contributed by atoms with Crippen LogP contribution in [0.5, 0.6) is 0 Å². The Morgan fingerprint density at radius 3 is 2.56 bits per heavy atom. The molecule has 222 valence electrons. The second-order valence-corrected chi connectivity index (χ2v) is 11.9. The van der Waals surface area contributed by atoms with Gasteiger partial charge in [0.15, 0.2) is 0 Å². The van der Waals surface area contributed by atoms with Crippen LogP contribution < -0.4 is 10.2 Å². The fourth-order valence-electron chi connectivity index (χ4n) is 6.46. The number of anilines is 1. The topological polar surface area (TPSA) is 56.8 Å². The normalized spacial score (nSPS) is 18.8. The summed E-state index contributed by atoms with van der Waals surface area (Å²) in [5, 5.41) is 5.94. The number of rotatable bonds is 6. The second-order valence-electron chi connectivity index (χ2n) is 11.9. The van der Waals surface area contributed by atoms with Crippen LogP contribution in [0.1, 0.15) is 43.4 Å². The predicted molar refractivity (Wildman–Crippen MR) is 191 cm³/mol. The molecule has 1 unspecified atom stereocenters. The van der Waals surface area contributed by atoms with Gasteiger partial charge < -0.3 is 15.2 Å². The Labute approximate surface area is 264 Å². The van der Waals surface area contributed by atoms with Gasteiger partial charge in [0.25, 0.3) is 0 Å². The number of nitrogens with zero attached hydrogens (tertiary/aromatic N) is 3. The van der Waals surface area contributed by atoms with Crippen molar-refractivity contribution in [1.29, 1.82) is 0 Å². The summed E-state index contributed by atoms with van der Waals surface area (Å²) in [7, 11) is 0. The number of aromatic nitrogens is 3. The van der Waals surface area contributed by atoms with Crippen molar-refractivity contribution in [3.63, 3.8) is 0 Å². The molecule has 0 amide bonds. The highest BCUT2D eigenvalue weighted by Gasteiger charge is 2.23. The lowest BCUT2D eigenvalue weighted by atomic mass is 9.90. The van der Waals surface area contributed by atoms with Gasteiger partial charge in [-0.25, -0.2) is 9.97 Å². The first-order chi connectivity index (χ1) is 22.0. The van der Waals surface area contributed by atoms with Gasteiger partial charge in [0.05, 0.1) is 0 Å². The summed E-state index contributed by atoms with van der Waals surface area (Å²) in [6.45, 7) is 13.9. The van der Waals surface area contributed by atoms with Crippen LogP contribution in [0.4, 0.5) is 5.69 Å². The minimum atomic E-state index is 0.0165. The van der Waals surface area contributed by atoms with Crippen molar-refractivity contribution >= 4 is 44.2 Å². The SMILES string of the molecule is C=C(C)c1ccc2c(c1)C(=C)/C=C(CCC)\C(c1ccc3c(c1)[nH]c1ccc(-c4cncnc4)cc13)=C/CN2C1C=CC=CN1. The van der Waals surface area contributed by atoms with Crippen LogP contribution in [-0.4, -0.2) is 27.7 Å². The fourth-order valence-corrected chi connectivity index (χ4v) is 6.46. The molecular weight excluding hydrogens is 550 g/mol. The third-order valence-electron chi connectivity index (χ3n) is 8.76. The number of hydrogen-bond donors (Lipinski definition) is 2. The molecule has 0 saturated heterocycles. The molecule has 0 fully saturated rings. The van der Waals surface area contributed by atoms with E-state index in [0.29, 0.717) is 0 Å². The molecule has 0 radical (unpaired) electrons. The van der Waals surface area contributed by atoms with Crippen molar-refractivity contribution in [2.45, 2.75) is 32.9 Å². The number of nitrogens with one attached hydrogen (secondary N) is 2. The Balaban J connectivity index is 1.36. The third-order valence-corrected chi connectivity index (χ3v) is 8.76. The Kier molecular flexibility index (Phi) is 7.52. The van der Waals surface area contributed by atoms with Crippen LogP contribution in [0, 0.1) is 0 Å². The maximum Gasteiger partial charge on any atom is 0.119 e. The molecule has 0 saturated carbocycles. The van der Waals surface area contributed by atoms with Gasteiger partial charge in [-0.2, -0.15) is 0 Å². The van der Waals surface area contributed by atoms with Gasteiger partial charge >= 0.3 is 0 Å². The molecule has 2 aliphatic heterocycles. The smallest absolute Gasteiger partial charge is 0.119 e. The molecule has 45 heavy (non-hydrogen) atoms. The number of aromatic amines is 1. The minimum absolute atomic E-state index is 0.0165. The van der Waals surface area contributed by atoms with Crippen LogP contribution in [0.25, 0.3) is 49.7 Å². The van der Waals surface area contributed by atoms with Crippen molar-refractivity contribution in [1.82, 2.24) is 20.3 Å². The zero-order valence-corrected chi connectivity index (χ0v) is 25.8. The summed E-state index contributed by atoms with van der Waals surface area (Å²) in [4.78, 5) is 14.5. The van der Waals surface area contributed by atoms with E-state index in [9.17, 15) is 0 Å². The van der Waals surface area contributed by atoms with E-state index in [1.807, 2.05) is 24.7 Å². The van der Waals surface area contributed by atoms with E-state index >= 15 is 0 Å². The van der Waals surface area contributed by atoms with Crippen LogP contribution in [0.2, 0.25) is 0 Å². The number of allylic oxidation sites excluding steroid dienone is 7. The van der Waals surface area contributed by atoms with Crippen LogP contribution in [0.3, 0.4) is 0 Å². The van der Waals surface area contributed by atoms with Crippen molar-refractivity contribution in [3.05, 3.63) is 145 Å². The average Bonchev–Trinajstić information content (AvgIpc) is 3.46. The molecule has 7 rings (SSSR count). The number of dihydropyridines is 1. The fraction of sp³-hybridized carbons (Fsp3) is 0.150. The quantitative estimate of drug-likeness (QED) is 0.208. The molecule has 5 aromatic rings. The van der Waals surface area contributed by atoms with Gasteiger partial charge in [-0.3, -0.25) is 0 Å². The molecular formula is C40H37N5. The monoisotopic (exact) mass is 587 g/mol. The lowest BCUT2D eigenvalue weighted by Gasteiger charge is -2.34. The molecule has 3 aromatic carbocycles. The molecule has 0 spiro atoms. The Morgan fingerprint density at radius 2 is 1.78 bits per heavy atom. The Morgan fingerprint density at radius 1 is 0.933 bits per heavy atom. The highest BCUT2D eigenvalue weighted by Crippen LogP contribution is 2.38. The number of benzene rings is 3. The Hall–Kier alpha value is -5.42. The molecule has 0 bridgehead atoms. The minimum Gasteiger partial charge on any atom is -0.368 e. The first-order valence-electron chi connectivity index (χ1n) is 15.6. The summed E-state index contributed by atoms with van der Waals surface area (Å²) in [6.07, 6.45) is 20.3. The molecule has 4 heterocycles. The molecule has 2 N–H and O–H groups in total. The number of H-pyrrole nitrogens is 1. The molecule has 0 aliphatic carbocycles. The van der Waals surface area contributed by atoms with E-state index < -0.39 is 0 Å². The van der Waals surface area contributed by atoms with E-state index in [4.69, 9.17) is 0 Å². The third kappa shape index (κ3) is 5.42. The van der Waals surface area contributed by atoms with Gasteiger partial charge in [0.2, 0.25) is 0 Å².